The third kappa shape index (κ3) is 3.94. The first-order chi connectivity index (χ1) is 16.2. The van der Waals surface area contributed by atoms with Gasteiger partial charge >= 0.3 is 0 Å². The molecular formula is C22H18ClN9O2. The third-order valence-corrected chi connectivity index (χ3v) is 5.36. The number of primary amides is 1. The number of carbonyl (C=O) groups is 1. The van der Waals surface area contributed by atoms with Gasteiger partial charge in [-0.3, -0.25) is 14.2 Å². The zero-order chi connectivity index (χ0) is 24.6. The number of rotatable bonds is 5. The van der Waals surface area contributed by atoms with Crippen LogP contribution in [0, 0.1) is 6.57 Å². The summed E-state index contributed by atoms with van der Waals surface area (Å²) < 4.78 is 1.32. The summed E-state index contributed by atoms with van der Waals surface area (Å²) >= 11 is 6.32. The summed E-state index contributed by atoms with van der Waals surface area (Å²) in [6.07, 6.45) is 0. The Hall–Kier alpha value is -4.69. The van der Waals surface area contributed by atoms with E-state index in [4.69, 9.17) is 35.4 Å². The van der Waals surface area contributed by atoms with Gasteiger partial charge in [0.1, 0.15) is 17.5 Å². The van der Waals surface area contributed by atoms with Crippen molar-refractivity contribution in [1.82, 2.24) is 19.5 Å². The van der Waals surface area contributed by atoms with Gasteiger partial charge in [-0.2, -0.15) is 0 Å². The highest BCUT2D eigenvalue weighted by Gasteiger charge is 2.22. The summed E-state index contributed by atoms with van der Waals surface area (Å²) in [6, 6.07) is 10.5. The molecule has 2 aromatic carbocycles. The summed E-state index contributed by atoms with van der Waals surface area (Å²) in [5.74, 6) is -0.507. The van der Waals surface area contributed by atoms with Crippen LogP contribution in [0.25, 0.3) is 21.4 Å². The van der Waals surface area contributed by atoms with Crippen LogP contribution >= 0.6 is 11.6 Å². The smallest absolute Gasteiger partial charge is 0.268 e. The molecule has 0 unspecified atom stereocenters. The number of amides is 1. The van der Waals surface area contributed by atoms with E-state index in [0.717, 1.165) is 0 Å². The molecule has 11 nitrogen and oxygen atoms in total. The Morgan fingerprint density at radius 3 is 2.62 bits per heavy atom. The van der Waals surface area contributed by atoms with E-state index in [1.165, 1.54) is 16.7 Å². The van der Waals surface area contributed by atoms with Crippen LogP contribution in [-0.4, -0.2) is 25.4 Å². The Morgan fingerprint density at radius 2 is 1.91 bits per heavy atom. The van der Waals surface area contributed by atoms with Crippen molar-refractivity contribution in [3.05, 3.63) is 80.6 Å². The minimum absolute atomic E-state index is 0.0190. The van der Waals surface area contributed by atoms with Crippen LogP contribution < -0.4 is 28.1 Å². The number of benzene rings is 2. The molecule has 0 saturated heterocycles. The fourth-order valence-corrected chi connectivity index (χ4v) is 3.77. The average Bonchev–Trinajstić information content (AvgIpc) is 2.78. The summed E-state index contributed by atoms with van der Waals surface area (Å²) in [7, 11) is 0. The van der Waals surface area contributed by atoms with E-state index in [9.17, 15) is 9.59 Å². The van der Waals surface area contributed by atoms with Crippen molar-refractivity contribution in [3.8, 4) is 5.69 Å². The number of halogens is 1. The molecule has 0 fully saturated rings. The van der Waals surface area contributed by atoms with E-state index in [1.807, 2.05) is 0 Å². The minimum atomic E-state index is -0.678. The van der Waals surface area contributed by atoms with Crippen molar-refractivity contribution in [2.75, 3.05) is 16.8 Å². The molecule has 34 heavy (non-hydrogen) atoms. The summed E-state index contributed by atoms with van der Waals surface area (Å²) in [5.41, 5.74) is 17.4. The monoisotopic (exact) mass is 475 g/mol. The molecular weight excluding hydrogens is 458 g/mol. The normalized spacial score (nSPS) is 11.7. The highest BCUT2D eigenvalue weighted by Crippen LogP contribution is 2.32. The van der Waals surface area contributed by atoms with Crippen molar-refractivity contribution in [2.45, 2.75) is 13.0 Å². The third-order valence-electron chi connectivity index (χ3n) is 5.04. The molecule has 4 aromatic rings. The highest BCUT2D eigenvalue weighted by atomic mass is 35.5. The van der Waals surface area contributed by atoms with Gasteiger partial charge in [-0.1, -0.05) is 23.7 Å². The lowest BCUT2D eigenvalue weighted by Crippen LogP contribution is -2.28. The topological polar surface area (TPSA) is 172 Å². The molecule has 0 radical (unpaired) electrons. The standard InChI is InChI=1S/C22H18ClN9O2/c1-10(28-19-16(27-2)17(24)30-22(26)31-19)20-29-14-8-4-7-13(23)15(14)21(34)32(20)12-6-3-5-11(9-12)18(25)33/h3-10H,1H3,(H2,25,33)(H5,24,26,28,30,31)/t10-/m0/s1. The van der Waals surface area contributed by atoms with Crippen molar-refractivity contribution < 1.29 is 4.79 Å². The Bertz CT molecular complexity index is 1560. The van der Waals surface area contributed by atoms with Gasteiger partial charge < -0.3 is 22.5 Å². The van der Waals surface area contributed by atoms with Crippen LogP contribution in [-0.2, 0) is 0 Å². The largest absolute Gasteiger partial charge is 0.392 e. The second kappa shape index (κ2) is 8.68. The summed E-state index contributed by atoms with van der Waals surface area (Å²) in [6.45, 7) is 9.12. The summed E-state index contributed by atoms with van der Waals surface area (Å²) in [4.78, 5) is 41.3. The van der Waals surface area contributed by atoms with E-state index in [1.54, 1.807) is 37.3 Å². The van der Waals surface area contributed by atoms with E-state index >= 15 is 0 Å². The maximum absolute atomic E-state index is 13.6. The molecule has 4 rings (SSSR count). The van der Waals surface area contributed by atoms with Crippen LogP contribution in [0.3, 0.4) is 0 Å². The predicted octanol–water partition coefficient (Wildman–Crippen LogP) is 2.82. The van der Waals surface area contributed by atoms with E-state index in [0.29, 0.717) is 11.2 Å². The Balaban J connectivity index is 1.97. The molecule has 1 atom stereocenters. The number of nitrogens with two attached hydrogens (primary N) is 3. The van der Waals surface area contributed by atoms with Gasteiger partial charge in [-0.05, 0) is 37.3 Å². The van der Waals surface area contributed by atoms with Crippen molar-refractivity contribution in [3.63, 3.8) is 0 Å². The molecule has 0 spiro atoms. The van der Waals surface area contributed by atoms with Gasteiger partial charge in [0, 0.05) is 5.56 Å². The number of carbonyl (C=O) groups excluding carboxylic acids is 1. The molecule has 2 heterocycles. The van der Waals surface area contributed by atoms with E-state index in [-0.39, 0.29) is 45.1 Å². The Kier molecular flexibility index (Phi) is 5.75. The van der Waals surface area contributed by atoms with Gasteiger partial charge in [0.25, 0.3) is 11.2 Å². The fraction of sp³-hybridized carbons (Fsp3) is 0.0909. The van der Waals surface area contributed by atoms with Crippen LogP contribution in [0.5, 0.6) is 0 Å². The number of nitrogens with one attached hydrogen (secondary N) is 1. The zero-order valence-corrected chi connectivity index (χ0v) is 18.5. The van der Waals surface area contributed by atoms with Crippen molar-refractivity contribution >= 4 is 51.7 Å². The molecule has 7 N–H and O–H groups in total. The minimum Gasteiger partial charge on any atom is -0.392 e. The maximum Gasteiger partial charge on any atom is 0.268 e. The number of aromatic nitrogens is 4. The number of hydrogen-bond donors (Lipinski definition) is 4. The lowest BCUT2D eigenvalue weighted by molar-refractivity contribution is 0.1000. The molecule has 0 bridgehead atoms. The van der Waals surface area contributed by atoms with Crippen LogP contribution in [0.15, 0.2) is 47.3 Å². The Labute approximate surface area is 198 Å². The van der Waals surface area contributed by atoms with Gasteiger partial charge in [0.2, 0.25) is 11.9 Å². The number of hydrogen-bond acceptors (Lipinski definition) is 8. The van der Waals surface area contributed by atoms with E-state index in [2.05, 4.69) is 25.1 Å². The molecule has 0 aliphatic heterocycles. The van der Waals surface area contributed by atoms with Gasteiger partial charge in [0.15, 0.2) is 0 Å². The Morgan fingerprint density at radius 1 is 1.18 bits per heavy atom. The number of fused-ring (bicyclic) bond motifs is 1. The van der Waals surface area contributed by atoms with Gasteiger partial charge in [-0.15, -0.1) is 0 Å². The van der Waals surface area contributed by atoms with Gasteiger partial charge in [-0.25, -0.2) is 19.8 Å². The number of anilines is 3. The second-order valence-electron chi connectivity index (χ2n) is 7.30. The quantitative estimate of drug-likeness (QED) is 0.319. The highest BCUT2D eigenvalue weighted by molar-refractivity contribution is 6.35. The second-order valence-corrected chi connectivity index (χ2v) is 7.71. The number of nitrogens with zero attached hydrogens (tertiary/aromatic N) is 5. The molecule has 170 valence electrons. The molecule has 0 saturated carbocycles. The zero-order valence-electron chi connectivity index (χ0n) is 17.8. The molecule has 2 aromatic heterocycles. The first kappa shape index (κ1) is 22.5. The SMILES string of the molecule is [C-]#[N+]c1c(N)nc(N)nc1N[C@@H](C)c1nc2cccc(Cl)c2c(=O)n1-c1cccc(C(N)=O)c1. The molecule has 12 heteroatoms. The molecule has 0 aliphatic carbocycles. The average molecular weight is 476 g/mol. The predicted molar refractivity (Wildman–Crippen MR) is 130 cm³/mol. The molecule has 0 aliphatic rings. The van der Waals surface area contributed by atoms with Crippen molar-refractivity contribution in [2.24, 2.45) is 5.73 Å². The first-order valence-corrected chi connectivity index (χ1v) is 10.3. The maximum atomic E-state index is 13.6. The summed E-state index contributed by atoms with van der Waals surface area (Å²) in [5, 5.41) is 3.48. The van der Waals surface area contributed by atoms with Gasteiger partial charge in [0.05, 0.1) is 34.2 Å². The van der Waals surface area contributed by atoms with E-state index < -0.39 is 17.5 Å². The van der Waals surface area contributed by atoms with Crippen molar-refractivity contribution in [1.29, 1.82) is 0 Å². The lowest BCUT2D eigenvalue weighted by Gasteiger charge is -2.21. The van der Waals surface area contributed by atoms with Crippen LogP contribution in [0.2, 0.25) is 5.02 Å². The van der Waals surface area contributed by atoms with Crippen LogP contribution in [0.1, 0.15) is 29.1 Å². The molecule has 1 amide bonds. The fourth-order valence-electron chi connectivity index (χ4n) is 3.52. The van der Waals surface area contributed by atoms with Crippen LogP contribution in [0.4, 0.5) is 23.3 Å². The lowest BCUT2D eigenvalue weighted by atomic mass is 10.1. The first-order valence-electron chi connectivity index (χ1n) is 9.89. The number of nitrogen functional groups attached to an aromatic ring is 2.